The maximum absolute atomic E-state index is 12.3. The second-order valence-corrected chi connectivity index (χ2v) is 8.28. The molecule has 0 bridgehead atoms. The highest BCUT2D eigenvalue weighted by atomic mass is 32.2. The van der Waals surface area contributed by atoms with Gasteiger partial charge in [-0.1, -0.05) is 36.0 Å². The average molecular weight is 409 g/mol. The summed E-state index contributed by atoms with van der Waals surface area (Å²) in [6.45, 7) is 5.40. The zero-order valence-corrected chi connectivity index (χ0v) is 17.4. The van der Waals surface area contributed by atoms with Gasteiger partial charge in [-0.3, -0.25) is 9.36 Å². The summed E-state index contributed by atoms with van der Waals surface area (Å²) in [5.74, 6) is 1.53. The maximum Gasteiger partial charge on any atom is 0.230 e. The van der Waals surface area contributed by atoms with Gasteiger partial charge in [0.15, 0.2) is 5.16 Å². The fraction of sp³-hybridized carbons (Fsp3) is 0.318. The lowest BCUT2D eigenvalue weighted by Crippen LogP contribution is -2.35. The van der Waals surface area contributed by atoms with E-state index in [9.17, 15) is 4.79 Å². The Morgan fingerprint density at radius 2 is 2.10 bits per heavy atom. The quantitative estimate of drug-likeness (QED) is 0.634. The SMILES string of the molecule is Cc1ccc(-n2cnnc2SCC(=O)NCC2COc3ccccc3C2)cc1C. The van der Waals surface area contributed by atoms with Gasteiger partial charge in [0.25, 0.3) is 0 Å². The second-order valence-electron chi connectivity index (χ2n) is 7.33. The largest absolute Gasteiger partial charge is 0.493 e. The Kier molecular flexibility index (Phi) is 5.85. The fourth-order valence-electron chi connectivity index (χ4n) is 3.34. The molecule has 1 atom stereocenters. The molecular formula is C22H24N4O2S. The first-order valence-electron chi connectivity index (χ1n) is 9.68. The molecule has 1 aliphatic heterocycles. The molecule has 1 aromatic heterocycles. The lowest BCUT2D eigenvalue weighted by Gasteiger charge is -2.25. The molecule has 150 valence electrons. The third-order valence-corrected chi connectivity index (χ3v) is 6.10. The summed E-state index contributed by atoms with van der Waals surface area (Å²) < 4.78 is 7.70. The highest BCUT2D eigenvalue weighted by Gasteiger charge is 2.20. The standard InChI is InChI=1S/C22H24N4O2S/c1-15-7-8-19(9-16(15)2)26-14-24-25-22(26)29-13-21(27)23-11-17-10-18-5-3-4-6-20(18)28-12-17/h3-9,14,17H,10-13H2,1-2H3,(H,23,27). The highest BCUT2D eigenvalue weighted by Crippen LogP contribution is 2.26. The number of amides is 1. The van der Waals surface area contributed by atoms with Crippen molar-refractivity contribution in [2.45, 2.75) is 25.4 Å². The molecule has 29 heavy (non-hydrogen) atoms. The number of fused-ring (bicyclic) bond motifs is 1. The Bertz CT molecular complexity index is 1020. The number of hydrogen-bond donors (Lipinski definition) is 1. The van der Waals surface area contributed by atoms with E-state index in [1.807, 2.05) is 28.8 Å². The molecule has 7 heteroatoms. The van der Waals surface area contributed by atoms with Gasteiger partial charge in [-0.05, 0) is 55.2 Å². The molecule has 1 unspecified atom stereocenters. The minimum atomic E-state index is -0.0107. The van der Waals surface area contributed by atoms with Gasteiger partial charge in [0.2, 0.25) is 5.91 Å². The second kappa shape index (κ2) is 8.69. The van der Waals surface area contributed by atoms with Gasteiger partial charge >= 0.3 is 0 Å². The molecule has 1 aliphatic rings. The molecule has 0 spiro atoms. The first kappa shape index (κ1) is 19.5. The van der Waals surface area contributed by atoms with E-state index in [1.165, 1.54) is 28.5 Å². The van der Waals surface area contributed by atoms with Crippen LogP contribution in [0, 0.1) is 19.8 Å². The molecule has 2 heterocycles. The number of aromatic nitrogens is 3. The van der Waals surface area contributed by atoms with Gasteiger partial charge in [-0.2, -0.15) is 0 Å². The number of ether oxygens (including phenoxy) is 1. The zero-order valence-electron chi connectivity index (χ0n) is 16.6. The number of rotatable bonds is 6. The van der Waals surface area contributed by atoms with E-state index in [0.717, 1.165) is 17.9 Å². The summed E-state index contributed by atoms with van der Waals surface area (Å²) in [6, 6.07) is 14.3. The van der Waals surface area contributed by atoms with Crippen LogP contribution >= 0.6 is 11.8 Å². The first-order chi connectivity index (χ1) is 14.1. The topological polar surface area (TPSA) is 69.0 Å². The van der Waals surface area contributed by atoms with Crippen molar-refractivity contribution >= 4 is 17.7 Å². The molecule has 0 saturated carbocycles. The number of aryl methyl sites for hydroxylation is 2. The van der Waals surface area contributed by atoms with E-state index < -0.39 is 0 Å². The zero-order chi connectivity index (χ0) is 20.2. The number of benzene rings is 2. The lowest BCUT2D eigenvalue weighted by atomic mass is 9.97. The summed E-state index contributed by atoms with van der Waals surface area (Å²) >= 11 is 1.39. The van der Waals surface area contributed by atoms with Crippen LogP contribution in [0.2, 0.25) is 0 Å². The average Bonchev–Trinajstić information content (AvgIpc) is 3.21. The summed E-state index contributed by atoms with van der Waals surface area (Å²) in [4.78, 5) is 12.3. The number of hydrogen-bond acceptors (Lipinski definition) is 5. The molecular weight excluding hydrogens is 384 g/mol. The molecule has 0 aliphatic carbocycles. The predicted octanol–water partition coefficient (Wildman–Crippen LogP) is 3.34. The van der Waals surface area contributed by atoms with Gasteiger partial charge in [-0.25, -0.2) is 0 Å². The van der Waals surface area contributed by atoms with Crippen molar-refractivity contribution in [3.8, 4) is 11.4 Å². The van der Waals surface area contributed by atoms with E-state index in [0.29, 0.717) is 24.1 Å². The highest BCUT2D eigenvalue weighted by molar-refractivity contribution is 7.99. The Labute approximate surface area is 174 Å². The van der Waals surface area contributed by atoms with Crippen LogP contribution in [-0.4, -0.2) is 39.6 Å². The Morgan fingerprint density at radius 3 is 2.97 bits per heavy atom. The van der Waals surface area contributed by atoms with Crippen LogP contribution in [0.15, 0.2) is 53.9 Å². The minimum absolute atomic E-state index is 0.0107. The van der Waals surface area contributed by atoms with Crippen LogP contribution in [0.4, 0.5) is 0 Å². The molecule has 4 rings (SSSR count). The number of carbonyl (C=O) groups excluding carboxylic acids is 1. The molecule has 0 fully saturated rings. The smallest absolute Gasteiger partial charge is 0.230 e. The van der Waals surface area contributed by atoms with E-state index in [1.54, 1.807) is 6.33 Å². The summed E-state index contributed by atoms with van der Waals surface area (Å²) in [5, 5.41) is 11.9. The van der Waals surface area contributed by atoms with Gasteiger partial charge in [-0.15, -0.1) is 10.2 Å². The van der Waals surface area contributed by atoms with Crippen molar-refractivity contribution < 1.29 is 9.53 Å². The van der Waals surface area contributed by atoms with E-state index in [4.69, 9.17) is 4.74 Å². The van der Waals surface area contributed by atoms with Gasteiger partial charge < -0.3 is 10.1 Å². The monoisotopic (exact) mass is 408 g/mol. The van der Waals surface area contributed by atoms with Crippen molar-refractivity contribution in [2.24, 2.45) is 5.92 Å². The van der Waals surface area contributed by atoms with Crippen molar-refractivity contribution in [3.05, 3.63) is 65.5 Å². The van der Waals surface area contributed by atoms with Gasteiger partial charge in [0, 0.05) is 18.2 Å². The third-order valence-electron chi connectivity index (χ3n) is 5.16. The molecule has 6 nitrogen and oxygen atoms in total. The van der Waals surface area contributed by atoms with Crippen molar-refractivity contribution in [1.82, 2.24) is 20.1 Å². The minimum Gasteiger partial charge on any atom is -0.493 e. The normalized spacial score (nSPS) is 15.4. The predicted molar refractivity (Wildman–Crippen MR) is 114 cm³/mol. The van der Waals surface area contributed by atoms with Crippen LogP contribution in [0.3, 0.4) is 0 Å². The molecule has 1 amide bonds. The van der Waals surface area contributed by atoms with Crippen LogP contribution in [0.25, 0.3) is 5.69 Å². The van der Waals surface area contributed by atoms with E-state index in [2.05, 4.69) is 47.6 Å². The molecule has 3 aromatic rings. The number of thioether (sulfide) groups is 1. The summed E-state index contributed by atoms with van der Waals surface area (Å²) in [7, 11) is 0. The van der Waals surface area contributed by atoms with Gasteiger partial charge in [0.1, 0.15) is 12.1 Å². The van der Waals surface area contributed by atoms with Crippen molar-refractivity contribution in [2.75, 3.05) is 18.9 Å². The van der Waals surface area contributed by atoms with Crippen LogP contribution < -0.4 is 10.1 Å². The number of carbonyl (C=O) groups is 1. The summed E-state index contributed by atoms with van der Waals surface area (Å²) in [6.07, 6.45) is 2.60. The van der Waals surface area contributed by atoms with Crippen LogP contribution in [0.5, 0.6) is 5.75 Å². The third kappa shape index (κ3) is 4.62. The summed E-state index contributed by atoms with van der Waals surface area (Å²) in [5.41, 5.74) is 4.65. The fourth-order valence-corrected chi connectivity index (χ4v) is 4.10. The molecule has 0 radical (unpaired) electrons. The number of nitrogens with one attached hydrogen (secondary N) is 1. The van der Waals surface area contributed by atoms with Gasteiger partial charge in [0.05, 0.1) is 12.4 Å². The Balaban J connectivity index is 1.30. The van der Waals surface area contributed by atoms with Crippen molar-refractivity contribution in [1.29, 1.82) is 0 Å². The first-order valence-corrected chi connectivity index (χ1v) is 10.7. The lowest BCUT2D eigenvalue weighted by molar-refractivity contribution is -0.118. The van der Waals surface area contributed by atoms with Crippen LogP contribution in [0.1, 0.15) is 16.7 Å². The van der Waals surface area contributed by atoms with E-state index >= 15 is 0 Å². The maximum atomic E-state index is 12.3. The van der Waals surface area contributed by atoms with E-state index in [-0.39, 0.29) is 11.8 Å². The Hall–Kier alpha value is -2.80. The molecule has 2 aromatic carbocycles. The van der Waals surface area contributed by atoms with Crippen LogP contribution in [-0.2, 0) is 11.2 Å². The number of para-hydroxylation sites is 1. The number of nitrogens with zero attached hydrogens (tertiary/aromatic N) is 3. The molecule has 0 saturated heterocycles. The Morgan fingerprint density at radius 1 is 1.24 bits per heavy atom. The molecule has 1 N–H and O–H groups in total. The van der Waals surface area contributed by atoms with Crippen molar-refractivity contribution in [3.63, 3.8) is 0 Å².